The SMILES string of the molecule is Cc1c(OCC(=O)OC(C)(C)C)cccc1-c1nccc(NC(=O)OC(C)(C)C)c1C=O. The minimum absolute atomic E-state index is 0.200. The van der Waals surface area contributed by atoms with Gasteiger partial charge in [-0.15, -0.1) is 0 Å². The highest BCUT2D eigenvalue weighted by Gasteiger charge is 2.21. The number of hydrogen-bond acceptors (Lipinski definition) is 7. The van der Waals surface area contributed by atoms with Crippen LogP contribution < -0.4 is 10.1 Å². The van der Waals surface area contributed by atoms with Gasteiger partial charge in [0.05, 0.1) is 16.9 Å². The molecule has 0 atom stereocenters. The number of rotatable bonds is 6. The average molecular weight is 443 g/mol. The van der Waals surface area contributed by atoms with Crippen LogP contribution in [0, 0.1) is 6.92 Å². The summed E-state index contributed by atoms with van der Waals surface area (Å²) >= 11 is 0. The van der Waals surface area contributed by atoms with Crippen molar-refractivity contribution in [3.63, 3.8) is 0 Å². The van der Waals surface area contributed by atoms with Gasteiger partial charge in [0.2, 0.25) is 0 Å². The van der Waals surface area contributed by atoms with E-state index in [0.717, 1.165) is 0 Å². The molecule has 1 aromatic heterocycles. The van der Waals surface area contributed by atoms with Crippen LogP contribution in [0.1, 0.15) is 57.5 Å². The highest BCUT2D eigenvalue weighted by Crippen LogP contribution is 2.33. The summed E-state index contributed by atoms with van der Waals surface area (Å²) in [6, 6.07) is 6.75. The number of esters is 1. The molecule has 0 aliphatic carbocycles. The van der Waals surface area contributed by atoms with Gasteiger partial charge in [-0.3, -0.25) is 15.1 Å². The van der Waals surface area contributed by atoms with E-state index in [1.807, 2.05) is 0 Å². The lowest BCUT2D eigenvalue weighted by atomic mass is 10.00. The second-order valence-electron chi connectivity index (χ2n) is 9.17. The summed E-state index contributed by atoms with van der Waals surface area (Å²) in [5, 5.41) is 2.60. The molecule has 8 heteroatoms. The minimum atomic E-state index is -0.683. The maximum absolute atomic E-state index is 12.2. The van der Waals surface area contributed by atoms with Crippen LogP contribution in [0.25, 0.3) is 11.3 Å². The van der Waals surface area contributed by atoms with E-state index in [2.05, 4.69) is 10.3 Å². The molecule has 1 amide bonds. The van der Waals surface area contributed by atoms with Crippen LogP contribution in [0.3, 0.4) is 0 Å². The Bertz CT molecular complexity index is 1000. The number of aldehydes is 1. The second-order valence-corrected chi connectivity index (χ2v) is 9.17. The van der Waals surface area contributed by atoms with Gasteiger partial charge in [0.1, 0.15) is 17.0 Å². The standard InChI is InChI=1S/C24H30N2O6/c1-15-16(9-8-10-19(15)30-14-20(28)31-23(2,3)4)21-17(13-27)18(11-12-25-21)26-22(29)32-24(5,6)7/h8-13H,14H2,1-7H3,(H,25,26,29). The molecule has 0 unspecified atom stereocenters. The van der Waals surface area contributed by atoms with Crippen molar-refractivity contribution in [1.82, 2.24) is 4.98 Å². The zero-order valence-corrected chi connectivity index (χ0v) is 19.6. The molecule has 0 radical (unpaired) electrons. The molecule has 0 aliphatic rings. The van der Waals surface area contributed by atoms with Gasteiger partial charge in [-0.05, 0) is 60.6 Å². The maximum Gasteiger partial charge on any atom is 0.412 e. The number of nitrogens with one attached hydrogen (secondary N) is 1. The molecule has 0 aliphatic heterocycles. The lowest BCUT2D eigenvalue weighted by Crippen LogP contribution is -2.27. The third-order valence-corrected chi connectivity index (χ3v) is 4.05. The molecule has 2 rings (SSSR count). The molecule has 172 valence electrons. The molecule has 0 fully saturated rings. The van der Waals surface area contributed by atoms with Crippen LogP contribution in [0.4, 0.5) is 10.5 Å². The van der Waals surface area contributed by atoms with Crippen molar-refractivity contribution in [3.8, 4) is 17.0 Å². The number of amides is 1. The molecule has 0 saturated carbocycles. The Kier molecular flexibility index (Phi) is 7.61. The molecule has 0 spiro atoms. The van der Waals surface area contributed by atoms with Gasteiger partial charge in [-0.2, -0.15) is 0 Å². The summed E-state index contributed by atoms with van der Waals surface area (Å²) < 4.78 is 16.2. The predicted octanol–water partition coefficient (Wildman–Crippen LogP) is 4.94. The smallest absolute Gasteiger partial charge is 0.412 e. The third kappa shape index (κ3) is 7.08. The van der Waals surface area contributed by atoms with Crippen LogP contribution >= 0.6 is 0 Å². The third-order valence-electron chi connectivity index (χ3n) is 4.05. The Morgan fingerprint density at radius 1 is 1.03 bits per heavy atom. The number of carbonyl (C=O) groups excluding carboxylic acids is 3. The number of aromatic nitrogens is 1. The van der Waals surface area contributed by atoms with Crippen LogP contribution in [-0.2, 0) is 14.3 Å². The largest absolute Gasteiger partial charge is 0.482 e. The fraction of sp³-hybridized carbons (Fsp3) is 0.417. The fourth-order valence-corrected chi connectivity index (χ4v) is 2.86. The summed E-state index contributed by atoms with van der Waals surface area (Å²) in [5.74, 6) is -0.0323. The van der Waals surface area contributed by atoms with Crippen molar-refractivity contribution in [3.05, 3.63) is 41.6 Å². The van der Waals surface area contributed by atoms with Gasteiger partial charge in [0.25, 0.3) is 0 Å². The summed E-state index contributed by atoms with van der Waals surface area (Å²) in [5.41, 5.74) is 0.861. The van der Waals surface area contributed by atoms with E-state index < -0.39 is 23.3 Å². The number of anilines is 1. The van der Waals surface area contributed by atoms with Gasteiger partial charge >= 0.3 is 12.1 Å². The summed E-state index contributed by atoms with van der Waals surface area (Å²) in [6.07, 6.45) is 1.44. The molecule has 1 N–H and O–H groups in total. The quantitative estimate of drug-likeness (QED) is 0.499. The first-order valence-corrected chi connectivity index (χ1v) is 10.2. The predicted molar refractivity (Wildman–Crippen MR) is 121 cm³/mol. The van der Waals surface area contributed by atoms with E-state index in [4.69, 9.17) is 14.2 Å². The molecule has 1 aromatic carbocycles. The summed E-state index contributed by atoms with van der Waals surface area (Å²) in [7, 11) is 0. The van der Waals surface area contributed by atoms with Crippen LogP contribution in [-0.4, -0.2) is 41.1 Å². The van der Waals surface area contributed by atoms with Gasteiger partial charge < -0.3 is 14.2 Å². The van der Waals surface area contributed by atoms with E-state index in [9.17, 15) is 14.4 Å². The molecule has 2 aromatic rings. The van der Waals surface area contributed by atoms with Crippen molar-refractivity contribution in [2.75, 3.05) is 11.9 Å². The molecule has 32 heavy (non-hydrogen) atoms. The van der Waals surface area contributed by atoms with E-state index in [1.165, 1.54) is 12.3 Å². The molecular formula is C24H30N2O6. The lowest BCUT2D eigenvalue weighted by Gasteiger charge is -2.21. The van der Waals surface area contributed by atoms with Crippen molar-refractivity contribution >= 4 is 24.0 Å². The van der Waals surface area contributed by atoms with Crippen molar-refractivity contribution in [1.29, 1.82) is 0 Å². The van der Waals surface area contributed by atoms with Gasteiger partial charge in [0, 0.05) is 17.3 Å². The van der Waals surface area contributed by atoms with Gasteiger partial charge in [-0.25, -0.2) is 9.59 Å². The Hall–Kier alpha value is -3.42. The van der Waals surface area contributed by atoms with E-state index in [-0.39, 0.29) is 17.9 Å². The monoisotopic (exact) mass is 442 g/mol. The minimum Gasteiger partial charge on any atom is -0.482 e. The van der Waals surface area contributed by atoms with Gasteiger partial charge in [-0.1, -0.05) is 12.1 Å². The first-order chi connectivity index (χ1) is 14.8. The molecule has 1 heterocycles. The van der Waals surface area contributed by atoms with Crippen molar-refractivity contribution in [2.24, 2.45) is 0 Å². The van der Waals surface area contributed by atoms with E-state index >= 15 is 0 Å². The fourth-order valence-electron chi connectivity index (χ4n) is 2.86. The van der Waals surface area contributed by atoms with Crippen LogP contribution in [0.15, 0.2) is 30.5 Å². The molecule has 0 bridgehead atoms. The first kappa shape index (κ1) is 24.8. The van der Waals surface area contributed by atoms with E-state index in [0.29, 0.717) is 28.9 Å². The number of hydrogen-bond donors (Lipinski definition) is 1. The Labute approximate surface area is 188 Å². The average Bonchev–Trinajstić information content (AvgIpc) is 2.64. The number of nitrogens with zero attached hydrogens (tertiary/aromatic N) is 1. The topological polar surface area (TPSA) is 104 Å². The number of benzene rings is 1. The Morgan fingerprint density at radius 2 is 1.69 bits per heavy atom. The molecule has 8 nitrogen and oxygen atoms in total. The highest BCUT2D eigenvalue weighted by molar-refractivity contribution is 5.98. The number of pyridine rings is 1. The normalized spacial score (nSPS) is 11.5. The van der Waals surface area contributed by atoms with Crippen molar-refractivity contribution in [2.45, 2.75) is 59.7 Å². The van der Waals surface area contributed by atoms with Crippen LogP contribution in [0.5, 0.6) is 5.75 Å². The summed E-state index contributed by atoms with van der Waals surface area (Å²) in [4.78, 5) is 40.4. The number of carbonyl (C=O) groups is 3. The van der Waals surface area contributed by atoms with Crippen LogP contribution in [0.2, 0.25) is 0 Å². The Balaban J connectivity index is 2.32. The Morgan fingerprint density at radius 3 is 2.28 bits per heavy atom. The lowest BCUT2D eigenvalue weighted by molar-refractivity contribution is -0.157. The first-order valence-electron chi connectivity index (χ1n) is 10.2. The molecule has 0 saturated heterocycles. The number of ether oxygens (including phenoxy) is 3. The highest BCUT2D eigenvalue weighted by atomic mass is 16.6. The zero-order valence-electron chi connectivity index (χ0n) is 19.6. The maximum atomic E-state index is 12.2. The summed E-state index contributed by atoms with van der Waals surface area (Å²) in [6.45, 7) is 12.1. The van der Waals surface area contributed by atoms with E-state index in [1.54, 1.807) is 66.7 Å². The zero-order chi connectivity index (χ0) is 24.1. The molecular weight excluding hydrogens is 412 g/mol. The second kappa shape index (κ2) is 9.80. The van der Waals surface area contributed by atoms with Crippen molar-refractivity contribution < 1.29 is 28.6 Å². The van der Waals surface area contributed by atoms with Gasteiger partial charge in [0.15, 0.2) is 12.9 Å².